The van der Waals surface area contributed by atoms with Crippen LogP contribution in [0.2, 0.25) is 0 Å². The Kier molecular flexibility index (Phi) is 5.90. The summed E-state index contributed by atoms with van der Waals surface area (Å²) in [4.78, 5) is 24.8. The van der Waals surface area contributed by atoms with E-state index in [9.17, 15) is 18.0 Å². The van der Waals surface area contributed by atoms with Gasteiger partial charge in [-0.3, -0.25) is 9.59 Å². The van der Waals surface area contributed by atoms with Crippen LogP contribution in [0.25, 0.3) is 11.0 Å². The molecule has 2 heterocycles. The van der Waals surface area contributed by atoms with Gasteiger partial charge in [0, 0.05) is 24.4 Å². The molecule has 2 aromatic carbocycles. The first-order chi connectivity index (χ1) is 15.3. The molecule has 3 N–H and O–H groups in total. The van der Waals surface area contributed by atoms with Gasteiger partial charge in [-0.1, -0.05) is 12.1 Å². The summed E-state index contributed by atoms with van der Waals surface area (Å²) in [7, 11) is -2.15. The third-order valence-corrected chi connectivity index (χ3v) is 7.50. The van der Waals surface area contributed by atoms with Crippen LogP contribution in [0.3, 0.4) is 0 Å². The molecule has 0 saturated carbocycles. The van der Waals surface area contributed by atoms with Crippen molar-refractivity contribution in [3.8, 4) is 5.75 Å². The number of nitrogens with two attached hydrogens (primary N) is 1. The van der Waals surface area contributed by atoms with Gasteiger partial charge in [0.05, 0.1) is 12.0 Å². The molecule has 0 unspecified atom stereocenters. The summed E-state index contributed by atoms with van der Waals surface area (Å²) in [6.45, 7) is 0.419. The predicted octanol–water partition coefficient (Wildman–Crippen LogP) is 2.58. The fraction of sp³-hybridized carbons (Fsp3) is 0.273. The number of primary amides is 1. The van der Waals surface area contributed by atoms with Gasteiger partial charge in [0.25, 0.3) is 5.91 Å². The van der Waals surface area contributed by atoms with Crippen molar-refractivity contribution in [2.75, 3.05) is 25.5 Å². The average Bonchev–Trinajstić information content (AvgIpc) is 3.18. The number of sulfonamides is 1. The highest BCUT2D eigenvalue weighted by atomic mass is 32.2. The molecule has 0 bridgehead atoms. The van der Waals surface area contributed by atoms with Crippen LogP contribution in [0.5, 0.6) is 5.75 Å². The molecule has 10 heteroatoms. The van der Waals surface area contributed by atoms with Gasteiger partial charge in [0.1, 0.15) is 17.0 Å². The number of amides is 2. The second-order valence-electron chi connectivity index (χ2n) is 7.51. The van der Waals surface area contributed by atoms with Crippen LogP contribution in [0.15, 0.2) is 57.8 Å². The number of carbonyl (C=O) groups excluding carboxylic acids is 2. The van der Waals surface area contributed by atoms with E-state index in [1.54, 1.807) is 36.4 Å². The maximum absolute atomic E-state index is 12.9. The molecule has 4 rings (SSSR count). The van der Waals surface area contributed by atoms with Crippen LogP contribution in [0, 0.1) is 5.92 Å². The molecule has 168 valence electrons. The Morgan fingerprint density at radius 1 is 1.09 bits per heavy atom. The zero-order valence-corrected chi connectivity index (χ0v) is 18.2. The minimum atomic E-state index is -3.66. The largest absolute Gasteiger partial charge is 0.497 e. The van der Waals surface area contributed by atoms with E-state index < -0.39 is 21.8 Å². The van der Waals surface area contributed by atoms with E-state index in [0.29, 0.717) is 29.6 Å². The number of ether oxygens (including phenoxy) is 1. The number of carbonyl (C=O) groups is 2. The van der Waals surface area contributed by atoms with Crippen LogP contribution < -0.4 is 15.8 Å². The van der Waals surface area contributed by atoms with Gasteiger partial charge < -0.3 is 20.2 Å². The lowest BCUT2D eigenvalue weighted by Gasteiger charge is -2.30. The van der Waals surface area contributed by atoms with E-state index in [0.717, 1.165) is 0 Å². The van der Waals surface area contributed by atoms with Crippen molar-refractivity contribution in [2.45, 2.75) is 17.7 Å². The van der Waals surface area contributed by atoms with Crippen LogP contribution >= 0.6 is 0 Å². The highest BCUT2D eigenvalue weighted by molar-refractivity contribution is 7.89. The number of methoxy groups -OCH3 is 1. The third-order valence-electron chi connectivity index (χ3n) is 5.59. The van der Waals surface area contributed by atoms with Gasteiger partial charge >= 0.3 is 0 Å². The minimum Gasteiger partial charge on any atom is -0.497 e. The number of piperidine rings is 1. The molecule has 0 radical (unpaired) electrons. The number of nitrogens with one attached hydrogen (secondary N) is 1. The number of hydrogen-bond acceptors (Lipinski definition) is 6. The normalized spacial score (nSPS) is 15.5. The first-order valence-corrected chi connectivity index (χ1v) is 11.5. The number of fused-ring (bicyclic) bond motifs is 1. The van der Waals surface area contributed by atoms with E-state index in [4.69, 9.17) is 14.9 Å². The van der Waals surface area contributed by atoms with Gasteiger partial charge in [-0.15, -0.1) is 0 Å². The summed E-state index contributed by atoms with van der Waals surface area (Å²) in [6.07, 6.45) is 0.700. The molecule has 1 aliphatic heterocycles. The first kappa shape index (κ1) is 21.8. The first-order valence-electron chi connectivity index (χ1n) is 10.1. The molecule has 1 aromatic heterocycles. The van der Waals surface area contributed by atoms with Crippen molar-refractivity contribution in [2.24, 2.45) is 11.7 Å². The molecule has 1 saturated heterocycles. The van der Waals surface area contributed by atoms with Gasteiger partial charge in [0.2, 0.25) is 21.7 Å². The second kappa shape index (κ2) is 8.64. The number of benzene rings is 2. The molecule has 2 amide bonds. The number of rotatable bonds is 6. The monoisotopic (exact) mass is 457 g/mol. The van der Waals surface area contributed by atoms with E-state index in [1.807, 2.05) is 0 Å². The molecular formula is C22H23N3O6S. The molecule has 0 atom stereocenters. The van der Waals surface area contributed by atoms with Crippen LogP contribution in [-0.4, -0.2) is 44.7 Å². The van der Waals surface area contributed by atoms with E-state index >= 15 is 0 Å². The standard InChI is InChI=1S/C22H23N3O6S/c1-30-15-6-8-16(9-7-15)32(28,29)25-12-10-14(11-13-25)22(27)24-19-17-4-2-3-5-18(17)31-20(19)21(23)26/h2-9,14H,10-13H2,1H3,(H2,23,26)(H,24,27). The summed E-state index contributed by atoms with van der Waals surface area (Å²) >= 11 is 0. The second-order valence-corrected chi connectivity index (χ2v) is 9.45. The van der Waals surface area contributed by atoms with E-state index in [1.165, 1.54) is 23.5 Å². The summed E-state index contributed by atoms with van der Waals surface area (Å²) in [5, 5.41) is 3.35. The maximum atomic E-state index is 12.9. The van der Waals surface area contributed by atoms with Crippen LogP contribution in [0.4, 0.5) is 5.69 Å². The fourth-order valence-corrected chi connectivity index (χ4v) is 5.29. The lowest BCUT2D eigenvalue weighted by Crippen LogP contribution is -2.41. The smallest absolute Gasteiger partial charge is 0.286 e. The van der Waals surface area contributed by atoms with Crippen molar-refractivity contribution in [3.05, 3.63) is 54.3 Å². The Labute approximate surface area is 185 Å². The van der Waals surface area contributed by atoms with Crippen molar-refractivity contribution in [1.29, 1.82) is 0 Å². The minimum absolute atomic E-state index is 0.112. The Morgan fingerprint density at radius 2 is 1.75 bits per heavy atom. The zero-order chi connectivity index (χ0) is 22.9. The number of hydrogen-bond donors (Lipinski definition) is 2. The SMILES string of the molecule is COc1ccc(S(=O)(=O)N2CCC(C(=O)Nc3c(C(N)=O)oc4ccccc34)CC2)cc1. The Balaban J connectivity index is 1.46. The molecule has 1 fully saturated rings. The number of anilines is 1. The summed E-state index contributed by atoms with van der Waals surface area (Å²) in [5.74, 6) is -1.04. The van der Waals surface area contributed by atoms with Gasteiger partial charge in [-0.05, 0) is 49.2 Å². The quantitative estimate of drug-likeness (QED) is 0.585. The van der Waals surface area contributed by atoms with E-state index in [2.05, 4.69) is 5.32 Å². The van der Waals surface area contributed by atoms with Crippen molar-refractivity contribution in [1.82, 2.24) is 4.31 Å². The molecule has 0 aliphatic carbocycles. The van der Waals surface area contributed by atoms with Crippen molar-refractivity contribution in [3.63, 3.8) is 0 Å². The lowest BCUT2D eigenvalue weighted by atomic mass is 9.97. The Bertz CT molecular complexity index is 1260. The molecule has 9 nitrogen and oxygen atoms in total. The molecular weight excluding hydrogens is 434 g/mol. The number of nitrogens with zero attached hydrogens (tertiary/aromatic N) is 1. The number of para-hydroxylation sites is 1. The Hall–Kier alpha value is -3.37. The zero-order valence-electron chi connectivity index (χ0n) is 17.4. The third kappa shape index (κ3) is 4.06. The highest BCUT2D eigenvalue weighted by Gasteiger charge is 2.33. The lowest BCUT2D eigenvalue weighted by molar-refractivity contribution is -0.120. The molecule has 32 heavy (non-hydrogen) atoms. The summed E-state index contributed by atoms with van der Waals surface area (Å²) < 4.78 is 37.8. The number of furan rings is 1. The highest BCUT2D eigenvalue weighted by Crippen LogP contribution is 2.32. The van der Waals surface area contributed by atoms with Gasteiger partial charge in [-0.2, -0.15) is 4.31 Å². The van der Waals surface area contributed by atoms with Crippen molar-refractivity contribution >= 4 is 38.5 Å². The Morgan fingerprint density at radius 3 is 2.38 bits per heavy atom. The van der Waals surface area contributed by atoms with Gasteiger partial charge in [-0.25, -0.2) is 8.42 Å². The molecule has 0 spiro atoms. The topological polar surface area (TPSA) is 132 Å². The molecule has 3 aromatic rings. The van der Waals surface area contributed by atoms with Gasteiger partial charge in [0.15, 0.2) is 0 Å². The summed E-state index contributed by atoms with van der Waals surface area (Å²) in [6, 6.07) is 13.1. The van der Waals surface area contributed by atoms with Crippen LogP contribution in [-0.2, 0) is 14.8 Å². The van der Waals surface area contributed by atoms with E-state index in [-0.39, 0.29) is 35.3 Å². The van der Waals surface area contributed by atoms with Crippen LogP contribution in [0.1, 0.15) is 23.4 Å². The summed E-state index contributed by atoms with van der Waals surface area (Å²) in [5.41, 5.74) is 6.09. The maximum Gasteiger partial charge on any atom is 0.286 e. The average molecular weight is 458 g/mol. The van der Waals surface area contributed by atoms with Crippen molar-refractivity contribution < 1.29 is 27.2 Å². The fourth-order valence-electron chi connectivity index (χ4n) is 3.82. The molecule has 1 aliphatic rings. The predicted molar refractivity (Wildman–Crippen MR) is 118 cm³/mol.